The standard InChI is InChI=1S/C15H16BrNO4/c1-4-15(2,3)21-14(20)17-8-11(13(18)19)10-7-9(16)5-6-12(10)17/h5-8H,4H2,1-3H3,(H,18,19). The van der Waals surface area contributed by atoms with Crippen LogP contribution in [0.4, 0.5) is 4.79 Å². The van der Waals surface area contributed by atoms with Crippen LogP contribution in [0.25, 0.3) is 10.9 Å². The lowest BCUT2D eigenvalue weighted by Gasteiger charge is -2.23. The highest BCUT2D eigenvalue weighted by Gasteiger charge is 2.24. The molecule has 112 valence electrons. The van der Waals surface area contributed by atoms with Crippen LogP contribution in [0, 0.1) is 0 Å². The van der Waals surface area contributed by atoms with Gasteiger partial charge in [-0.1, -0.05) is 22.9 Å². The number of hydrogen-bond acceptors (Lipinski definition) is 3. The Balaban J connectivity index is 2.55. The van der Waals surface area contributed by atoms with E-state index in [1.165, 1.54) is 10.8 Å². The number of carbonyl (C=O) groups is 2. The molecule has 2 aromatic rings. The van der Waals surface area contributed by atoms with Gasteiger partial charge in [-0.25, -0.2) is 9.59 Å². The fourth-order valence-electron chi connectivity index (χ4n) is 1.88. The summed E-state index contributed by atoms with van der Waals surface area (Å²) in [7, 11) is 0. The summed E-state index contributed by atoms with van der Waals surface area (Å²) in [5.74, 6) is -1.08. The predicted molar refractivity (Wildman–Crippen MR) is 82.8 cm³/mol. The van der Waals surface area contributed by atoms with Gasteiger partial charge in [0.05, 0.1) is 11.1 Å². The van der Waals surface area contributed by atoms with Crippen LogP contribution in [0.2, 0.25) is 0 Å². The van der Waals surface area contributed by atoms with Crippen LogP contribution in [0.15, 0.2) is 28.9 Å². The summed E-state index contributed by atoms with van der Waals surface area (Å²) in [4.78, 5) is 23.6. The molecule has 0 unspecified atom stereocenters. The van der Waals surface area contributed by atoms with E-state index in [1.54, 1.807) is 18.2 Å². The van der Waals surface area contributed by atoms with Gasteiger partial charge in [-0.05, 0) is 38.5 Å². The Morgan fingerprint density at radius 1 is 1.38 bits per heavy atom. The Bertz CT molecular complexity index is 718. The van der Waals surface area contributed by atoms with Gasteiger partial charge in [-0.2, -0.15) is 0 Å². The first kappa shape index (κ1) is 15.6. The summed E-state index contributed by atoms with van der Waals surface area (Å²) in [6.45, 7) is 5.54. The molecular formula is C15H16BrNO4. The van der Waals surface area contributed by atoms with E-state index in [1.807, 2.05) is 20.8 Å². The van der Waals surface area contributed by atoms with E-state index in [0.29, 0.717) is 17.3 Å². The Morgan fingerprint density at radius 3 is 2.62 bits per heavy atom. The number of aromatic carboxylic acids is 1. The zero-order valence-electron chi connectivity index (χ0n) is 12.0. The van der Waals surface area contributed by atoms with Gasteiger partial charge in [0.2, 0.25) is 0 Å². The zero-order valence-corrected chi connectivity index (χ0v) is 13.6. The monoisotopic (exact) mass is 353 g/mol. The Kier molecular flexibility index (Phi) is 4.09. The zero-order chi connectivity index (χ0) is 15.8. The van der Waals surface area contributed by atoms with Crippen LogP contribution < -0.4 is 0 Å². The normalized spacial score (nSPS) is 11.6. The maximum Gasteiger partial charge on any atom is 0.419 e. The molecule has 21 heavy (non-hydrogen) atoms. The van der Waals surface area contributed by atoms with Gasteiger partial charge in [-0.3, -0.25) is 4.57 Å². The first-order chi connectivity index (χ1) is 9.75. The summed E-state index contributed by atoms with van der Waals surface area (Å²) in [5, 5.41) is 9.76. The maximum atomic E-state index is 12.3. The van der Waals surface area contributed by atoms with Crippen molar-refractivity contribution in [2.24, 2.45) is 0 Å². The van der Waals surface area contributed by atoms with Crippen molar-refractivity contribution in [2.45, 2.75) is 32.8 Å². The molecule has 0 saturated heterocycles. The predicted octanol–water partition coefficient (Wildman–Crippen LogP) is 4.28. The smallest absolute Gasteiger partial charge is 0.419 e. The minimum Gasteiger partial charge on any atom is -0.478 e. The second kappa shape index (κ2) is 5.52. The van der Waals surface area contributed by atoms with Gasteiger partial charge in [0.25, 0.3) is 0 Å². The molecule has 1 N–H and O–H groups in total. The van der Waals surface area contributed by atoms with E-state index in [2.05, 4.69) is 15.9 Å². The lowest BCUT2D eigenvalue weighted by molar-refractivity contribution is 0.0378. The lowest BCUT2D eigenvalue weighted by atomic mass is 10.1. The summed E-state index contributed by atoms with van der Waals surface area (Å²) in [5.41, 5.74) is -0.0306. The van der Waals surface area contributed by atoms with Gasteiger partial charge in [0.15, 0.2) is 0 Å². The second-order valence-corrected chi connectivity index (χ2v) is 6.28. The fraction of sp³-hybridized carbons (Fsp3) is 0.333. The second-order valence-electron chi connectivity index (χ2n) is 5.36. The van der Waals surface area contributed by atoms with Gasteiger partial charge < -0.3 is 9.84 Å². The number of carboxylic acid groups (broad SMARTS) is 1. The van der Waals surface area contributed by atoms with Crippen LogP contribution in [0.3, 0.4) is 0 Å². The van der Waals surface area contributed by atoms with Crippen molar-refractivity contribution in [3.05, 3.63) is 34.4 Å². The number of hydrogen-bond donors (Lipinski definition) is 1. The molecule has 2 rings (SSSR count). The molecule has 0 saturated carbocycles. The molecule has 1 heterocycles. The number of nitrogens with zero attached hydrogens (tertiary/aromatic N) is 1. The van der Waals surface area contributed by atoms with Gasteiger partial charge in [-0.15, -0.1) is 0 Å². The first-order valence-electron chi connectivity index (χ1n) is 6.52. The number of aromatic nitrogens is 1. The van der Waals surface area contributed by atoms with E-state index in [0.717, 1.165) is 4.47 Å². The van der Waals surface area contributed by atoms with E-state index in [-0.39, 0.29) is 5.56 Å². The summed E-state index contributed by atoms with van der Waals surface area (Å²) in [6.07, 6.45) is 1.38. The third-order valence-electron chi connectivity index (χ3n) is 3.41. The molecule has 0 aliphatic rings. The van der Waals surface area contributed by atoms with Crippen LogP contribution in [0.5, 0.6) is 0 Å². The highest BCUT2D eigenvalue weighted by molar-refractivity contribution is 9.10. The van der Waals surface area contributed by atoms with E-state index < -0.39 is 17.7 Å². The van der Waals surface area contributed by atoms with Gasteiger partial charge in [0.1, 0.15) is 5.60 Å². The molecular weight excluding hydrogens is 338 g/mol. The number of rotatable bonds is 3. The summed E-state index contributed by atoms with van der Waals surface area (Å²) < 4.78 is 7.41. The molecule has 0 radical (unpaired) electrons. The lowest BCUT2D eigenvalue weighted by Crippen LogP contribution is -2.29. The van der Waals surface area contributed by atoms with Crippen molar-refractivity contribution in [3.63, 3.8) is 0 Å². The molecule has 5 nitrogen and oxygen atoms in total. The van der Waals surface area contributed by atoms with Crippen molar-refractivity contribution < 1.29 is 19.4 Å². The number of fused-ring (bicyclic) bond motifs is 1. The Morgan fingerprint density at radius 2 is 2.05 bits per heavy atom. The van der Waals surface area contributed by atoms with Crippen molar-refractivity contribution >= 4 is 38.9 Å². The van der Waals surface area contributed by atoms with Crippen molar-refractivity contribution in [2.75, 3.05) is 0 Å². The SMILES string of the molecule is CCC(C)(C)OC(=O)n1cc(C(=O)O)c2cc(Br)ccc21. The van der Waals surface area contributed by atoms with E-state index >= 15 is 0 Å². The van der Waals surface area contributed by atoms with E-state index in [9.17, 15) is 14.7 Å². The number of carboxylic acids is 1. The number of ether oxygens (including phenoxy) is 1. The minimum atomic E-state index is -1.08. The van der Waals surface area contributed by atoms with Gasteiger partial charge in [0, 0.05) is 16.1 Å². The van der Waals surface area contributed by atoms with Crippen LogP contribution in [0.1, 0.15) is 37.6 Å². The minimum absolute atomic E-state index is 0.0672. The molecule has 1 aromatic heterocycles. The first-order valence-corrected chi connectivity index (χ1v) is 7.31. The van der Waals surface area contributed by atoms with Crippen LogP contribution in [-0.2, 0) is 4.74 Å². The van der Waals surface area contributed by atoms with Crippen LogP contribution >= 0.6 is 15.9 Å². The average Bonchev–Trinajstić information content (AvgIpc) is 2.77. The van der Waals surface area contributed by atoms with Gasteiger partial charge >= 0.3 is 12.1 Å². The van der Waals surface area contributed by atoms with Crippen molar-refractivity contribution in [1.82, 2.24) is 4.57 Å². The number of halogens is 1. The molecule has 0 amide bonds. The number of benzene rings is 1. The molecule has 0 fully saturated rings. The molecule has 0 bridgehead atoms. The summed E-state index contributed by atoms with van der Waals surface area (Å²) in [6, 6.07) is 5.11. The molecule has 6 heteroatoms. The quantitative estimate of drug-likeness (QED) is 0.894. The largest absolute Gasteiger partial charge is 0.478 e. The van der Waals surface area contributed by atoms with Crippen molar-refractivity contribution in [1.29, 1.82) is 0 Å². The Labute approximate surface area is 130 Å². The maximum absolute atomic E-state index is 12.3. The highest BCUT2D eigenvalue weighted by atomic mass is 79.9. The molecule has 1 aromatic carbocycles. The highest BCUT2D eigenvalue weighted by Crippen LogP contribution is 2.26. The third-order valence-corrected chi connectivity index (χ3v) is 3.90. The molecule has 0 spiro atoms. The van der Waals surface area contributed by atoms with Crippen molar-refractivity contribution in [3.8, 4) is 0 Å². The molecule has 0 aliphatic heterocycles. The topological polar surface area (TPSA) is 68.5 Å². The van der Waals surface area contributed by atoms with E-state index in [4.69, 9.17) is 4.74 Å². The molecule has 0 atom stereocenters. The Hall–Kier alpha value is -1.82. The summed E-state index contributed by atoms with van der Waals surface area (Å²) >= 11 is 3.30. The average molecular weight is 354 g/mol. The molecule has 0 aliphatic carbocycles. The van der Waals surface area contributed by atoms with Crippen LogP contribution in [-0.4, -0.2) is 27.3 Å². The number of carbonyl (C=O) groups excluding carboxylic acids is 1. The third kappa shape index (κ3) is 3.10. The fourth-order valence-corrected chi connectivity index (χ4v) is 2.24.